The molecule has 7 nitrogen and oxygen atoms in total. The zero-order chi connectivity index (χ0) is 17.6. The Morgan fingerprint density at radius 2 is 1.96 bits per heavy atom. The van der Waals surface area contributed by atoms with Crippen LogP contribution in [0.2, 0.25) is 0 Å². The van der Waals surface area contributed by atoms with Crippen LogP contribution in [0.15, 0.2) is 24.3 Å². The van der Waals surface area contributed by atoms with Gasteiger partial charge in [-0.1, -0.05) is 18.2 Å². The SMILES string of the molecule is Cc1ccccc1NC(=O)CCNC(=O)NCC1CCS(=O)(=O)C1. The summed E-state index contributed by atoms with van der Waals surface area (Å²) in [6.45, 7) is 2.46. The zero-order valence-corrected chi connectivity index (χ0v) is 14.5. The topological polar surface area (TPSA) is 104 Å². The highest BCUT2D eigenvalue weighted by Crippen LogP contribution is 2.17. The zero-order valence-electron chi connectivity index (χ0n) is 13.7. The molecule has 1 heterocycles. The number of amides is 3. The van der Waals surface area contributed by atoms with Gasteiger partial charge in [-0.2, -0.15) is 0 Å². The van der Waals surface area contributed by atoms with Crippen LogP contribution >= 0.6 is 0 Å². The first-order chi connectivity index (χ1) is 11.4. The lowest BCUT2D eigenvalue weighted by atomic mass is 10.1. The van der Waals surface area contributed by atoms with Crippen molar-refractivity contribution < 1.29 is 18.0 Å². The first-order valence-electron chi connectivity index (χ1n) is 7.93. The fourth-order valence-corrected chi connectivity index (χ4v) is 4.41. The molecule has 0 aromatic heterocycles. The summed E-state index contributed by atoms with van der Waals surface area (Å²) in [6.07, 6.45) is 0.751. The number of urea groups is 1. The van der Waals surface area contributed by atoms with E-state index in [1.165, 1.54) is 0 Å². The molecule has 1 fully saturated rings. The molecule has 0 saturated carbocycles. The van der Waals surface area contributed by atoms with Gasteiger partial charge in [0.15, 0.2) is 9.84 Å². The summed E-state index contributed by atoms with van der Waals surface area (Å²) in [5.74, 6) is 0.128. The average Bonchev–Trinajstić information content (AvgIpc) is 2.87. The molecule has 1 atom stereocenters. The minimum absolute atomic E-state index is 0.0231. The largest absolute Gasteiger partial charge is 0.338 e. The van der Waals surface area contributed by atoms with E-state index in [0.717, 1.165) is 11.3 Å². The Labute approximate surface area is 142 Å². The monoisotopic (exact) mass is 353 g/mol. The van der Waals surface area contributed by atoms with Gasteiger partial charge in [0.05, 0.1) is 11.5 Å². The normalized spacial score (nSPS) is 18.8. The van der Waals surface area contributed by atoms with Gasteiger partial charge in [0.1, 0.15) is 0 Å². The quantitative estimate of drug-likeness (QED) is 0.711. The molecule has 2 rings (SSSR count). The van der Waals surface area contributed by atoms with E-state index in [4.69, 9.17) is 0 Å². The predicted octanol–water partition coefficient (Wildman–Crippen LogP) is 1.06. The van der Waals surface area contributed by atoms with E-state index in [2.05, 4.69) is 16.0 Å². The third kappa shape index (κ3) is 5.84. The van der Waals surface area contributed by atoms with Gasteiger partial charge < -0.3 is 16.0 Å². The molecule has 3 amide bonds. The lowest BCUT2D eigenvalue weighted by molar-refractivity contribution is -0.116. The highest BCUT2D eigenvalue weighted by atomic mass is 32.2. The van der Waals surface area contributed by atoms with Crippen LogP contribution in [0.25, 0.3) is 0 Å². The third-order valence-electron chi connectivity index (χ3n) is 3.93. The van der Waals surface area contributed by atoms with E-state index in [1.54, 1.807) is 0 Å². The predicted molar refractivity (Wildman–Crippen MR) is 92.6 cm³/mol. The number of benzene rings is 1. The molecule has 0 bridgehead atoms. The molecule has 0 spiro atoms. The number of anilines is 1. The van der Waals surface area contributed by atoms with Crippen LogP contribution in [0, 0.1) is 12.8 Å². The maximum atomic E-state index is 11.8. The lowest BCUT2D eigenvalue weighted by Gasteiger charge is -2.11. The van der Waals surface area contributed by atoms with Crippen LogP contribution < -0.4 is 16.0 Å². The molecule has 1 aromatic carbocycles. The van der Waals surface area contributed by atoms with Crippen LogP contribution in [0.4, 0.5) is 10.5 Å². The summed E-state index contributed by atoms with van der Waals surface area (Å²) in [5.41, 5.74) is 1.73. The van der Waals surface area contributed by atoms with Crippen molar-refractivity contribution in [1.82, 2.24) is 10.6 Å². The summed E-state index contributed by atoms with van der Waals surface area (Å²) in [7, 11) is -2.93. The Morgan fingerprint density at radius 3 is 2.62 bits per heavy atom. The van der Waals surface area contributed by atoms with Gasteiger partial charge in [-0.15, -0.1) is 0 Å². The van der Waals surface area contributed by atoms with Crippen LogP contribution in [0.3, 0.4) is 0 Å². The van der Waals surface area contributed by atoms with E-state index in [0.29, 0.717) is 13.0 Å². The Balaban J connectivity index is 1.62. The number of nitrogens with one attached hydrogen (secondary N) is 3. The Bertz CT molecular complexity index is 703. The summed E-state index contributed by atoms with van der Waals surface area (Å²) in [6, 6.07) is 7.08. The molecular formula is C16H23N3O4S. The van der Waals surface area contributed by atoms with Crippen molar-refractivity contribution in [2.75, 3.05) is 29.9 Å². The number of aryl methyl sites for hydroxylation is 1. The molecule has 1 unspecified atom stereocenters. The highest BCUT2D eigenvalue weighted by Gasteiger charge is 2.27. The Kier molecular flexibility index (Phi) is 6.19. The second kappa shape index (κ2) is 8.14. The van der Waals surface area contributed by atoms with Crippen molar-refractivity contribution in [3.63, 3.8) is 0 Å². The van der Waals surface area contributed by atoms with Crippen LogP contribution in [0.5, 0.6) is 0 Å². The molecule has 0 radical (unpaired) electrons. The van der Waals surface area contributed by atoms with E-state index >= 15 is 0 Å². The molecule has 132 valence electrons. The second-order valence-electron chi connectivity index (χ2n) is 6.02. The van der Waals surface area contributed by atoms with Crippen molar-refractivity contribution in [1.29, 1.82) is 0 Å². The van der Waals surface area contributed by atoms with Gasteiger partial charge in [0.2, 0.25) is 5.91 Å². The van der Waals surface area contributed by atoms with Crippen molar-refractivity contribution in [2.45, 2.75) is 19.8 Å². The third-order valence-corrected chi connectivity index (χ3v) is 5.77. The molecule has 24 heavy (non-hydrogen) atoms. The number of carbonyl (C=O) groups excluding carboxylic acids is 2. The summed E-state index contributed by atoms with van der Waals surface area (Å²) >= 11 is 0. The van der Waals surface area contributed by atoms with Crippen molar-refractivity contribution in [3.05, 3.63) is 29.8 Å². The van der Waals surface area contributed by atoms with Gasteiger partial charge in [0.25, 0.3) is 0 Å². The molecule has 1 aliphatic rings. The van der Waals surface area contributed by atoms with Gasteiger partial charge in [-0.05, 0) is 30.9 Å². The van der Waals surface area contributed by atoms with Gasteiger partial charge in [-0.3, -0.25) is 4.79 Å². The maximum absolute atomic E-state index is 11.8. The molecule has 8 heteroatoms. The number of hydrogen-bond donors (Lipinski definition) is 3. The second-order valence-corrected chi connectivity index (χ2v) is 8.25. The summed E-state index contributed by atoms with van der Waals surface area (Å²) in [4.78, 5) is 23.5. The number of sulfone groups is 1. The van der Waals surface area contributed by atoms with E-state index in [1.807, 2.05) is 31.2 Å². The molecule has 3 N–H and O–H groups in total. The highest BCUT2D eigenvalue weighted by molar-refractivity contribution is 7.91. The van der Waals surface area contributed by atoms with Crippen LogP contribution in [-0.2, 0) is 14.6 Å². The fraction of sp³-hybridized carbons (Fsp3) is 0.500. The Morgan fingerprint density at radius 1 is 1.21 bits per heavy atom. The minimum Gasteiger partial charge on any atom is -0.338 e. The molecule has 1 saturated heterocycles. The minimum atomic E-state index is -2.93. The van der Waals surface area contributed by atoms with E-state index in [9.17, 15) is 18.0 Å². The maximum Gasteiger partial charge on any atom is 0.314 e. The van der Waals surface area contributed by atoms with Gasteiger partial charge >= 0.3 is 6.03 Å². The van der Waals surface area contributed by atoms with Crippen molar-refractivity contribution in [3.8, 4) is 0 Å². The van der Waals surface area contributed by atoms with Crippen molar-refractivity contribution >= 4 is 27.5 Å². The van der Waals surface area contributed by atoms with Gasteiger partial charge in [0, 0.05) is 25.2 Å². The molecular weight excluding hydrogens is 330 g/mol. The smallest absolute Gasteiger partial charge is 0.314 e. The molecule has 0 aliphatic carbocycles. The van der Waals surface area contributed by atoms with Crippen molar-refractivity contribution in [2.24, 2.45) is 5.92 Å². The Hall–Kier alpha value is -2.09. The standard InChI is InChI=1S/C16H23N3O4S/c1-12-4-2-3-5-14(12)19-15(20)6-8-17-16(21)18-10-13-7-9-24(22,23)11-13/h2-5,13H,6-11H2,1H3,(H,19,20)(H2,17,18,21). The summed E-state index contributed by atoms with van der Waals surface area (Å²) < 4.78 is 22.7. The number of carbonyl (C=O) groups is 2. The lowest BCUT2D eigenvalue weighted by Crippen LogP contribution is -2.39. The first-order valence-corrected chi connectivity index (χ1v) is 9.75. The van der Waals surface area contributed by atoms with E-state index in [-0.39, 0.29) is 42.3 Å². The number of para-hydroxylation sites is 1. The first kappa shape index (κ1) is 18.3. The summed E-state index contributed by atoms with van der Waals surface area (Å²) in [5, 5.41) is 8.04. The van der Waals surface area contributed by atoms with Gasteiger partial charge in [-0.25, -0.2) is 13.2 Å². The molecule has 1 aromatic rings. The van der Waals surface area contributed by atoms with Crippen LogP contribution in [0.1, 0.15) is 18.4 Å². The average molecular weight is 353 g/mol. The number of rotatable bonds is 6. The van der Waals surface area contributed by atoms with E-state index < -0.39 is 9.84 Å². The molecule has 1 aliphatic heterocycles. The fourth-order valence-electron chi connectivity index (χ4n) is 2.55. The van der Waals surface area contributed by atoms with Crippen LogP contribution in [-0.4, -0.2) is 45.0 Å². The number of hydrogen-bond acceptors (Lipinski definition) is 4.